The minimum Gasteiger partial charge on any atom is -0.454 e. The van der Waals surface area contributed by atoms with Crippen molar-refractivity contribution < 1.29 is 8.81 Å². The molecule has 3 nitrogen and oxygen atoms in total. The van der Waals surface area contributed by atoms with Crippen molar-refractivity contribution in [1.82, 2.24) is 4.98 Å². The van der Waals surface area contributed by atoms with Gasteiger partial charge in [-0.15, -0.1) is 0 Å². The van der Waals surface area contributed by atoms with Gasteiger partial charge in [0.1, 0.15) is 17.1 Å². The van der Waals surface area contributed by atoms with E-state index in [0.29, 0.717) is 11.3 Å². The van der Waals surface area contributed by atoms with E-state index in [0.717, 1.165) is 29.7 Å². The average molecular weight is 270 g/mol. The highest BCUT2D eigenvalue weighted by atomic mass is 19.1. The number of rotatable bonds is 4. The van der Waals surface area contributed by atoms with E-state index in [1.807, 2.05) is 18.2 Å². The van der Waals surface area contributed by atoms with Crippen LogP contribution in [0.5, 0.6) is 0 Å². The van der Waals surface area contributed by atoms with Crippen molar-refractivity contribution in [3.05, 3.63) is 48.4 Å². The normalized spacial score (nSPS) is 10.9. The molecular formula is C16H15FN2O. The maximum absolute atomic E-state index is 13.2. The second kappa shape index (κ2) is 5.33. The fourth-order valence-corrected chi connectivity index (χ4v) is 2.09. The van der Waals surface area contributed by atoms with Gasteiger partial charge in [-0.1, -0.05) is 6.92 Å². The van der Waals surface area contributed by atoms with Crippen LogP contribution in [0, 0.1) is 5.82 Å². The number of nitrogens with zero attached hydrogens (tertiary/aromatic N) is 1. The number of hydrogen-bond acceptors (Lipinski definition) is 3. The number of nitrogens with one attached hydrogen (secondary N) is 1. The topological polar surface area (TPSA) is 38.1 Å². The lowest BCUT2D eigenvalue weighted by molar-refractivity contribution is 0.618. The fraction of sp³-hybridized carbons (Fsp3) is 0.188. The average Bonchev–Trinajstić information content (AvgIpc) is 2.88. The number of anilines is 1. The lowest BCUT2D eigenvalue weighted by Gasteiger charge is -2.05. The van der Waals surface area contributed by atoms with E-state index in [2.05, 4.69) is 17.2 Å². The van der Waals surface area contributed by atoms with Gasteiger partial charge in [0.25, 0.3) is 0 Å². The number of aromatic nitrogens is 1. The number of pyridine rings is 1. The van der Waals surface area contributed by atoms with E-state index in [-0.39, 0.29) is 5.82 Å². The molecule has 0 spiro atoms. The van der Waals surface area contributed by atoms with Crippen LogP contribution in [0.15, 0.2) is 47.0 Å². The molecule has 2 aromatic heterocycles. The molecule has 0 aliphatic heterocycles. The highest BCUT2D eigenvalue weighted by molar-refractivity contribution is 5.82. The molecule has 3 rings (SSSR count). The maximum atomic E-state index is 13.2. The Balaban J connectivity index is 1.97. The molecule has 0 aliphatic carbocycles. The molecule has 1 aromatic carbocycles. The number of benzene rings is 1. The maximum Gasteiger partial charge on any atom is 0.153 e. The SMILES string of the molecule is CCCNc1ccnc(-c2cc3cc(F)ccc3o2)c1. The molecule has 0 amide bonds. The Morgan fingerprint density at radius 1 is 1.20 bits per heavy atom. The number of fused-ring (bicyclic) bond motifs is 1. The predicted molar refractivity (Wildman–Crippen MR) is 78.2 cm³/mol. The van der Waals surface area contributed by atoms with Gasteiger partial charge in [-0.2, -0.15) is 0 Å². The lowest BCUT2D eigenvalue weighted by Crippen LogP contribution is -1.99. The third kappa shape index (κ3) is 2.50. The smallest absolute Gasteiger partial charge is 0.153 e. The summed E-state index contributed by atoms with van der Waals surface area (Å²) in [5.74, 6) is 0.377. The van der Waals surface area contributed by atoms with E-state index < -0.39 is 0 Å². The van der Waals surface area contributed by atoms with E-state index in [9.17, 15) is 4.39 Å². The summed E-state index contributed by atoms with van der Waals surface area (Å²) in [5.41, 5.74) is 2.40. The van der Waals surface area contributed by atoms with Crippen molar-refractivity contribution in [2.45, 2.75) is 13.3 Å². The summed E-state index contributed by atoms with van der Waals surface area (Å²) >= 11 is 0. The monoisotopic (exact) mass is 270 g/mol. The van der Waals surface area contributed by atoms with Gasteiger partial charge in [0, 0.05) is 23.8 Å². The molecule has 0 atom stereocenters. The Labute approximate surface area is 116 Å². The molecule has 3 aromatic rings. The van der Waals surface area contributed by atoms with Gasteiger partial charge in [0.15, 0.2) is 5.76 Å². The van der Waals surface area contributed by atoms with Crippen LogP contribution >= 0.6 is 0 Å². The first-order valence-corrected chi connectivity index (χ1v) is 6.65. The van der Waals surface area contributed by atoms with Crippen LogP contribution in [0.2, 0.25) is 0 Å². The minimum absolute atomic E-state index is 0.267. The Hall–Kier alpha value is -2.36. The first kappa shape index (κ1) is 12.7. The van der Waals surface area contributed by atoms with Gasteiger partial charge in [-0.3, -0.25) is 4.98 Å². The Bertz CT molecular complexity index is 736. The second-order valence-electron chi connectivity index (χ2n) is 4.65. The Kier molecular flexibility index (Phi) is 3.37. The Morgan fingerprint density at radius 3 is 2.95 bits per heavy atom. The third-order valence-electron chi connectivity index (χ3n) is 3.07. The molecule has 0 radical (unpaired) electrons. The Morgan fingerprint density at radius 2 is 2.10 bits per heavy atom. The zero-order valence-electron chi connectivity index (χ0n) is 11.2. The van der Waals surface area contributed by atoms with Crippen LogP contribution in [0.25, 0.3) is 22.4 Å². The van der Waals surface area contributed by atoms with Crippen molar-refractivity contribution >= 4 is 16.7 Å². The van der Waals surface area contributed by atoms with Crippen LogP contribution in [0.1, 0.15) is 13.3 Å². The fourth-order valence-electron chi connectivity index (χ4n) is 2.09. The standard InChI is InChI=1S/C16H15FN2O/c1-2-6-18-13-5-7-19-14(10-13)16-9-11-8-12(17)3-4-15(11)20-16/h3-5,7-10H,2,6H2,1H3,(H,18,19). The third-order valence-corrected chi connectivity index (χ3v) is 3.07. The zero-order valence-corrected chi connectivity index (χ0v) is 11.2. The quantitative estimate of drug-likeness (QED) is 0.760. The van der Waals surface area contributed by atoms with Crippen molar-refractivity contribution in [3.63, 3.8) is 0 Å². The molecular weight excluding hydrogens is 255 g/mol. The van der Waals surface area contributed by atoms with E-state index in [1.54, 1.807) is 12.3 Å². The largest absolute Gasteiger partial charge is 0.454 e. The van der Waals surface area contributed by atoms with Crippen molar-refractivity contribution in [2.24, 2.45) is 0 Å². The van der Waals surface area contributed by atoms with Gasteiger partial charge < -0.3 is 9.73 Å². The molecule has 0 bridgehead atoms. The molecule has 4 heteroatoms. The predicted octanol–water partition coefficient (Wildman–Crippen LogP) is 4.46. The van der Waals surface area contributed by atoms with Crippen LogP contribution in [0.4, 0.5) is 10.1 Å². The first-order chi connectivity index (χ1) is 9.76. The van der Waals surface area contributed by atoms with E-state index in [1.165, 1.54) is 12.1 Å². The van der Waals surface area contributed by atoms with Crippen LogP contribution in [0.3, 0.4) is 0 Å². The summed E-state index contributed by atoms with van der Waals surface area (Å²) in [4.78, 5) is 4.31. The number of halogens is 1. The highest BCUT2D eigenvalue weighted by Crippen LogP contribution is 2.28. The van der Waals surface area contributed by atoms with Crippen molar-refractivity contribution in [2.75, 3.05) is 11.9 Å². The molecule has 0 saturated heterocycles. The lowest BCUT2D eigenvalue weighted by atomic mass is 10.2. The van der Waals surface area contributed by atoms with Crippen LogP contribution in [-0.4, -0.2) is 11.5 Å². The molecule has 0 unspecified atom stereocenters. The molecule has 0 aliphatic rings. The molecule has 0 saturated carbocycles. The minimum atomic E-state index is -0.267. The van der Waals surface area contributed by atoms with Crippen LogP contribution < -0.4 is 5.32 Å². The highest BCUT2D eigenvalue weighted by Gasteiger charge is 2.08. The van der Waals surface area contributed by atoms with Crippen LogP contribution in [-0.2, 0) is 0 Å². The summed E-state index contributed by atoms with van der Waals surface area (Å²) in [5, 5.41) is 4.05. The molecule has 20 heavy (non-hydrogen) atoms. The zero-order chi connectivity index (χ0) is 13.9. The van der Waals surface area contributed by atoms with Gasteiger partial charge in [-0.25, -0.2) is 4.39 Å². The summed E-state index contributed by atoms with van der Waals surface area (Å²) in [6.07, 6.45) is 2.79. The molecule has 102 valence electrons. The molecule has 1 N–H and O–H groups in total. The summed E-state index contributed by atoms with van der Waals surface area (Å²) in [6, 6.07) is 10.1. The molecule has 0 fully saturated rings. The number of furan rings is 1. The summed E-state index contributed by atoms with van der Waals surface area (Å²) < 4.78 is 18.9. The van der Waals surface area contributed by atoms with Gasteiger partial charge in [0.05, 0.1) is 0 Å². The summed E-state index contributed by atoms with van der Waals surface area (Å²) in [6.45, 7) is 3.03. The van der Waals surface area contributed by atoms with E-state index >= 15 is 0 Å². The van der Waals surface area contributed by atoms with Crippen molar-refractivity contribution in [1.29, 1.82) is 0 Å². The molecule has 2 heterocycles. The van der Waals surface area contributed by atoms with Gasteiger partial charge in [0.2, 0.25) is 0 Å². The van der Waals surface area contributed by atoms with Gasteiger partial charge in [-0.05, 0) is 42.8 Å². The van der Waals surface area contributed by atoms with E-state index in [4.69, 9.17) is 4.42 Å². The second-order valence-corrected chi connectivity index (χ2v) is 4.65. The first-order valence-electron chi connectivity index (χ1n) is 6.65. The summed E-state index contributed by atoms with van der Waals surface area (Å²) in [7, 11) is 0. The van der Waals surface area contributed by atoms with Gasteiger partial charge >= 0.3 is 0 Å². The van der Waals surface area contributed by atoms with Crippen molar-refractivity contribution in [3.8, 4) is 11.5 Å². The number of hydrogen-bond donors (Lipinski definition) is 1.